The molecule has 0 bridgehead atoms. The second-order valence-electron chi connectivity index (χ2n) is 6.90. The second-order valence-corrected chi connectivity index (χ2v) is 6.90. The number of carbonyl (C=O) groups excluding carboxylic acids is 4. The van der Waals surface area contributed by atoms with Crippen LogP contribution in [0.25, 0.3) is 0 Å². The highest BCUT2D eigenvalue weighted by atomic mass is 16.5. The summed E-state index contributed by atoms with van der Waals surface area (Å²) in [5.74, 6) is -2.12. The van der Waals surface area contributed by atoms with Gasteiger partial charge in [0.25, 0.3) is 11.8 Å². The summed E-state index contributed by atoms with van der Waals surface area (Å²) in [4.78, 5) is 50.2. The minimum Gasteiger partial charge on any atom is -0.394 e. The van der Waals surface area contributed by atoms with E-state index in [-0.39, 0.29) is 30.6 Å². The zero-order valence-electron chi connectivity index (χ0n) is 16.5. The number of carbonyl (C=O) groups is 4. The number of hydrogen-bond donors (Lipinski definition) is 3. The van der Waals surface area contributed by atoms with E-state index in [4.69, 9.17) is 14.6 Å². The zero-order valence-corrected chi connectivity index (χ0v) is 16.5. The van der Waals surface area contributed by atoms with Crippen LogP contribution >= 0.6 is 0 Å². The Morgan fingerprint density at radius 2 is 1.83 bits per heavy atom. The summed E-state index contributed by atoms with van der Waals surface area (Å²) >= 11 is 0. The first kappa shape index (κ1) is 21.9. The van der Waals surface area contributed by atoms with Gasteiger partial charge in [0.05, 0.1) is 30.9 Å². The van der Waals surface area contributed by atoms with E-state index in [1.807, 2.05) is 0 Å². The first-order valence-electron chi connectivity index (χ1n) is 9.89. The quantitative estimate of drug-likeness (QED) is 0.335. The Morgan fingerprint density at radius 1 is 1.07 bits per heavy atom. The molecule has 2 aliphatic rings. The predicted molar refractivity (Wildman–Crippen MR) is 105 cm³/mol. The van der Waals surface area contributed by atoms with Gasteiger partial charge in [-0.3, -0.25) is 29.4 Å². The zero-order chi connectivity index (χ0) is 21.5. The van der Waals surface area contributed by atoms with Gasteiger partial charge in [-0.05, 0) is 25.0 Å². The molecule has 0 spiro atoms. The van der Waals surface area contributed by atoms with Crippen LogP contribution in [0, 0.1) is 0 Å². The van der Waals surface area contributed by atoms with Gasteiger partial charge >= 0.3 is 0 Å². The lowest BCUT2D eigenvalue weighted by atomic mass is 10.0. The number of aliphatic hydroxyl groups excluding tert-OH is 1. The monoisotopic (exact) mass is 419 g/mol. The number of imide groups is 2. The standard InChI is InChI=1S/C20H25N3O7/c24-8-12-30-10-2-9-29-11-7-21-14-4-1-3-13-17(14)20(28)23(19(13)27)15-5-6-16(25)22-18(15)26/h1,3-4,15,21,24H,2,5-12H2,(H,22,25,26). The Balaban J connectivity index is 1.56. The average Bonchev–Trinajstić information content (AvgIpc) is 2.98. The lowest BCUT2D eigenvalue weighted by Crippen LogP contribution is -2.54. The Labute approximate surface area is 173 Å². The highest BCUT2D eigenvalue weighted by Crippen LogP contribution is 2.32. The maximum atomic E-state index is 13.0. The van der Waals surface area contributed by atoms with Crippen molar-refractivity contribution in [3.63, 3.8) is 0 Å². The van der Waals surface area contributed by atoms with Gasteiger partial charge in [0.1, 0.15) is 6.04 Å². The van der Waals surface area contributed by atoms with Crippen LogP contribution in [0.2, 0.25) is 0 Å². The topological polar surface area (TPSA) is 134 Å². The molecule has 0 radical (unpaired) electrons. The molecule has 1 aromatic rings. The van der Waals surface area contributed by atoms with Crippen LogP contribution in [-0.4, -0.2) is 79.3 Å². The highest BCUT2D eigenvalue weighted by molar-refractivity contribution is 6.25. The van der Waals surface area contributed by atoms with E-state index in [1.165, 1.54) is 0 Å². The molecule has 10 nitrogen and oxygen atoms in total. The molecule has 4 amide bonds. The number of hydrogen-bond acceptors (Lipinski definition) is 8. The molecule has 3 N–H and O–H groups in total. The molecule has 0 aliphatic carbocycles. The number of piperidine rings is 1. The highest BCUT2D eigenvalue weighted by Gasteiger charge is 2.45. The van der Waals surface area contributed by atoms with Gasteiger partial charge in [0, 0.05) is 31.9 Å². The molecular weight excluding hydrogens is 394 g/mol. The lowest BCUT2D eigenvalue weighted by molar-refractivity contribution is -0.136. The Kier molecular flexibility index (Phi) is 7.50. The molecule has 3 rings (SSSR count). The van der Waals surface area contributed by atoms with Crippen molar-refractivity contribution in [1.82, 2.24) is 10.2 Å². The van der Waals surface area contributed by atoms with Crippen LogP contribution < -0.4 is 10.6 Å². The molecule has 30 heavy (non-hydrogen) atoms. The molecule has 1 atom stereocenters. The normalized spacial score (nSPS) is 18.6. The van der Waals surface area contributed by atoms with Crippen LogP contribution in [0.4, 0.5) is 5.69 Å². The van der Waals surface area contributed by atoms with Gasteiger partial charge in [-0.25, -0.2) is 0 Å². The van der Waals surface area contributed by atoms with Gasteiger partial charge in [-0.1, -0.05) is 6.07 Å². The Hall–Kier alpha value is -2.82. The summed E-state index contributed by atoms with van der Waals surface area (Å²) < 4.78 is 10.6. The number of rotatable bonds is 11. The molecule has 2 heterocycles. The van der Waals surface area contributed by atoms with Gasteiger partial charge in [-0.15, -0.1) is 0 Å². The van der Waals surface area contributed by atoms with Crippen molar-refractivity contribution in [2.45, 2.75) is 25.3 Å². The summed E-state index contributed by atoms with van der Waals surface area (Å²) in [6.45, 7) is 2.13. The van der Waals surface area contributed by atoms with Crippen LogP contribution in [-0.2, 0) is 19.1 Å². The second kappa shape index (κ2) is 10.3. The van der Waals surface area contributed by atoms with Crippen molar-refractivity contribution >= 4 is 29.3 Å². The number of benzene rings is 1. The van der Waals surface area contributed by atoms with Crippen LogP contribution in [0.1, 0.15) is 40.0 Å². The fraction of sp³-hybridized carbons (Fsp3) is 0.500. The summed E-state index contributed by atoms with van der Waals surface area (Å²) in [5, 5.41) is 13.9. The van der Waals surface area contributed by atoms with E-state index in [2.05, 4.69) is 10.6 Å². The Morgan fingerprint density at radius 3 is 2.57 bits per heavy atom. The van der Waals surface area contributed by atoms with Crippen LogP contribution in [0.3, 0.4) is 0 Å². The van der Waals surface area contributed by atoms with Crippen molar-refractivity contribution in [2.24, 2.45) is 0 Å². The first-order chi connectivity index (χ1) is 14.5. The smallest absolute Gasteiger partial charge is 0.264 e. The van der Waals surface area contributed by atoms with Crippen molar-refractivity contribution in [3.05, 3.63) is 29.3 Å². The molecule has 1 fully saturated rings. The minimum absolute atomic E-state index is 0.00559. The summed E-state index contributed by atoms with van der Waals surface area (Å²) in [5.41, 5.74) is 0.955. The van der Waals surface area contributed by atoms with E-state index in [1.54, 1.807) is 18.2 Å². The van der Waals surface area contributed by atoms with Gasteiger partial charge in [0.2, 0.25) is 11.8 Å². The number of fused-ring (bicyclic) bond motifs is 1. The van der Waals surface area contributed by atoms with Crippen molar-refractivity contribution < 1.29 is 33.8 Å². The maximum Gasteiger partial charge on any atom is 0.264 e. The SMILES string of the molecule is O=C1CCC(N2C(=O)c3cccc(NCCOCCCOCCO)c3C2=O)C(=O)N1. The number of nitrogens with one attached hydrogen (secondary N) is 2. The molecule has 162 valence electrons. The largest absolute Gasteiger partial charge is 0.394 e. The van der Waals surface area contributed by atoms with Crippen molar-refractivity contribution in [2.75, 3.05) is 44.9 Å². The predicted octanol–water partition coefficient (Wildman–Crippen LogP) is -0.0847. The molecule has 0 aromatic heterocycles. The van der Waals surface area contributed by atoms with E-state index in [0.717, 1.165) is 4.90 Å². The van der Waals surface area contributed by atoms with Gasteiger partial charge in [-0.2, -0.15) is 0 Å². The third-order valence-electron chi connectivity index (χ3n) is 4.84. The van der Waals surface area contributed by atoms with Crippen molar-refractivity contribution in [1.29, 1.82) is 0 Å². The number of anilines is 1. The van der Waals surface area contributed by atoms with E-state index in [9.17, 15) is 19.2 Å². The molecular formula is C20H25N3O7. The molecule has 1 saturated heterocycles. The van der Waals surface area contributed by atoms with Crippen molar-refractivity contribution in [3.8, 4) is 0 Å². The Bertz CT molecular complexity index is 827. The molecule has 1 unspecified atom stereocenters. The average molecular weight is 419 g/mol. The molecule has 1 aromatic carbocycles. The molecule has 10 heteroatoms. The molecule has 0 saturated carbocycles. The third-order valence-corrected chi connectivity index (χ3v) is 4.84. The maximum absolute atomic E-state index is 13.0. The first-order valence-corrected chi connectivity index (χ1v) is 9.89. The number of aliphatic hydroxyl groups is 1. The van der Waals surface area contributed by atoms with Gasteiger partial charge in [0.15, 0.2) is 0 Å². The van der Waals surface area contributed by atoms with Gasteiger partial charge < -0.3 is 19.9 Å². The fourth-order valence-electron chi connectivity index (χ4n) is 3.45. The van der Waals surface area contributed by atoms with Crippen LogP contribution in [0.15, 0.2) is 18.2 Å². The summed E-state index contributed by atoms with van der Waals surface area (Å²) in [6.07, 6.45) is 0.903. The fourth-order valence-corrected chi connectivity index (χ4v) is 3.45. The third kappa shape index (κ3) is 4.84. The van der Waals surface area contributed by atoms with E-state index >= 15 is 0 Å². The number of ether oxygens (including phenoxy) is 2. The minimum atomic E-state index is -0.987. The van der Waals surface area contributed by atoms with Crippen LogP contribution in [0.5, 0.6) is 0 Å². The lowest BCUT2D eigenvalue weighted by Gasteiger charge is -2.27. The summed E-state index contributed by atoms with van der Waals surface area (Å²) in [6, 6.07) is 3.93. The number of amides is 4. The molecule has 2 aliphatic heterocycles. The van der Waals surface area contributed by atoms with E-state index < -0.39 is 29.7 Å². The summed E-state index contributed by atoms with van der Waals surface area (Å²) in [7, 11) is 0. The van der Waals surface area contributed by atoms with E-state index in [0.29, 0.717) is 45.1 Å². The number of nitrogens with zero attached hydrogens (tertiary/aromatic N) is 1.